The van der Waals surface area contributed by atoms with Gasteiger partial charge in [0.05, 0.1) is 5.69 Å². The zero-order valence-electron chi connectivity index (χ0n) is 10.8. The highest BCUT2D eigenvalue weighted by atomic mass is 32.2. The summed E-state index contributed by atoms with van der Waals surface area (Å²) in [6.07, 6.45) is 5.76. The zero-order chi connectivity index (χ0) is 14.2. The van der Waals surface area contributed by atoms with Gasteiger partial charge >= 0.3 is 0 Å². The number of nitrogens with one attached hydrogen (secondary N) is 2. The highest BCUT2D eigenvalue weighted by Gasteiger charge is 2.07. The molecule has 0 aliphatic heterocycles. The van der Waals surface area contributed by atoms with Gasteiger partial charge in [0.1, 0.15) is 4.32 Å². The molecule has 2 N–H and O–H groups in total. The number of thioether (sulfide) groups is 1. The highest BCUT2D eigenvalue weighted by Crippen LogP contribution is 2.08. The molecule has 2 aromatic heterocycles. The van der Waals surface area contributed by atoms with Crippen LogP contribution in [0.5, 0.6) is 0 Å². The summed E-state index contributed by atoms with van der Waals surface area (Å²) in [6, 6.07) is 7.48. The third kappa shape index (κ3) is 4.79. The van der Waals surface area contributed by atoms with Crippen molar-refractivity contribution in [1.82, 2.24) is 15.3 Å². The molecule has 104 valence electrons. The van der Waals surface area contributed by atoms with Gasteiger partial charge in [-0.3, -0.25) is 9.78 Å². The molecule has 2 rings (SSSR count). The van der Waals surface area contributed by atoms with Crippen molar-refractivity contribution in [3.05, 3.63) is 54.1 Å². The van der Waals surface area contributed by atoms with Gasteiger partial charge < -0.3 is 10.3 Å². The molecule has 0 saturated heterocycles. The molecule has 0 amide bonds. The molecule has 2 aromatic rings. The zero-order valence-corrected chi connectivity index (χ0v) is 12.5. The van der Waals surface area contributed by atoms with Crippen molar-refractivity contribution >= 4 is 34.1 Å². The summed E-state index contributed by atoms with van der Waals surface area (Å²) in [5.74, 6) is 0.786. The van der Waals surface area contributed by atoms with E-state index in [1.54, 1.807) is 24.7 Å². The van der Waals surface area contributed by atoms with E-state index in [2.05, 4.69) is 15.3 Å². The molecule has 0 fully saturated rings. The Hall–Kier alpha value is -1.66. The molecule has 0 bridgehead atoms. The van der Waals surface area contributed by atoms with Crippen LogP contribution in [0, 0.1) is 0 Å². The lowest BCUT2D eigenvalue weighted by Gasteiger charge is -2.06. The molecule has 0 radical (unpaired) electrons. The van der Waals surface area contributed by atoms with Crippen molar-refractivity contribution in [2.45, 2.75) is 13.0 Å². The maximum absolute atomic E-state index is 11.8. The molecule has 20 heavy (non-hydrogen) atoms. The van der Waals surface area contributed by atoms with Gasteiger partial charge in [0, 0.05) is 37.3 Å². The average molecular weight is 305 g/mol. The highest BCUT2D eigenvalue weighted by molar-refractivity contribution is 8.22. The van der Waals surface area contributed by atoms with E-state index in [-0.39, 0.29) is 5.78 Å². The molecular formula is C14H15N3OS2. The van der Waals surface area contributed by atoms with Crippen LogP contribution >= 0.6 is 24.0 Å². The average Bonchev–Trinajstić information content (AvgIpc) is 3.00. The molecule has 0 aliphatic carbocycles. The summed E-state index contributed by atoms with van der Waals surface area (Å²) in [7, 11) is 0. The predicted octanol–water partition coefficient (Wildman–Crippen LogP) is 2.79. The normalized spacial score (nSPS) is 10.2. The second-order valence-corrected chi connectivity index (χ2v) is 5.88. The summed E-state index contributed by atoms with van der Waals surface area (Å²) < 4.78 is 0.702. The van der Waals surface area contributed by atoms with E-state index >= 15 is 0 Å². The van der Waals surface area contributed by atoms with Crippen molar-refractivity contribution < 1.29 is 4.79 Å². The fraction of sp³-hybridized carbons (Fsp3) is 0.214. The van der Waals surface area contributed by atoms with E-state index in [9.17, 15) is 4.79 Å². The smallest absolute Gasteiger partial charge is 0.179 e. The first-order valence-corrected chi connectivity index (χ1v) is 7.61. The number of carbonyl (C=O) groups is 1. The topological polar surface area (TPSA) is 57.8 Å². The Morgan fingerprint density at radius 1 is 1.40 bits per heavy atom. The molecule has 6 heteroatoms. The van der Waals surface area contributed by atoms with Crippen molar-refractivity contribution in [1.29, 1.82) is 0 Å². The summed E-state index contributed by atoms with van der Waals surface area (Å²) in [5, 5.41) is 3.14. The number of hydrogen-bond acceptors (Lipinski definition) is 4. The van der Waals surface area contributed by atoms with Crippen LogP contribution < -0.4 is 5.32 Å². The lowest BCUT2D eigenvalue weighted by Crippen LogP contribution is -2.18. The van der Waals surface area contributed by atoms with E-state index in [4.69, 9.17) is 12.2 Å². The second kappa shape index (κ2) is 7.81. The number of thiocarbonyl (C=S) groups is 1. The maximum Gasteiger partial charge on any atom is 0.179 e. The number of Topliss-reactive ketones (excluding diaryl/α,β-unsaturated/α-hetero) is 1. The van der Waals surface area contributed by atoms with Gasteiger partial charge in [-0.05, 0) is 23.8 Å². The van der Waals surface area contributed by atoms with Crippen LogP contribution in [0.4, 0.5) is 0 Å². The van der Waals surface area contributed by atoms with E-state index in [0.29, 0.717) is 28.7 Å². The van der Waals surface area contributed by atoms with Crippen LogP contribution in [0.25, 0.3) is 0 Å². The molecule has 0 saturated carbocycles. The molecule has 0 spiro atoms. The maximum atomic E-state index is 11.8. The number of carbonyl (C=O) groups excluding carboxylic acids is 1. The van der Waals surface area contributed by atoms with E-state index in [1.165, 1.54) is 11.8 Å². The number of aromatic nitrogens is 2. The standard InChI is InChI=1S/C14H15N3OS2/c18-13(12-4-2-7-16-12)5-8-20-14(19)17-10-11-3-1-6-15-9-11/h1-4,6-7,9,16H,5,8,10H2,(H,17,19). The van der Waals surface area contributed by atoms with Crippen molar-refractivity contribution in [3.8, 4) is 0 Å². The Morgan fingerprint density at radius 2 is 2.30 bits per heavy atom. The quantitative estimate of drug-likeness (QED) is 0.635. The number of hydrogen-bond donors (Lipinski definition) is 2. The van der Waals surface area contributed by atoms with E-state index in [0.717, 1.165) is 5.56 Å². The Balaban J connectivity index is 1.64. The lowest BCUT2D eigenvalue weighted by molar-refractivity contribution is 0.0985. The van der Waals surface area contributed by atoms with Gasteiger partial charge in [-0.15, -0.1) is 0 Å². The number of H-pyrrole nitrogens is 1. The first-order chi connectivity index (χ1) is 9.75. The molecule has 4 nitrogen and oxygen atoms in total. The first-order valence-electron chi connectivity index (χ1n) is 6.22. The van der Waals surface area contributed by atoms with Crippen LogP contribution in [0.15, 0.2) is 42.9 Å². The fourth-order valence-electron chi connectivity index (χ4n) is 1.60. The third-order valence-electron chi connectivity index (χ3n) is 2.62. The number of ketones is 1. The summed E-state index contributed by atoms with van der Waals surface area (Å²) >= 11 is 6.70. The first kappa shape index (κ1) is 14.7. The van der Waals surface area contributed by atoms with Crippen LogP contribution in [-0.2, 0) is 6.54 Å². The van der Waals surface area contributed by atoms with Gasteiger partial charge in [-0.25, -0.2) is 0 Å². The van der Waals surface area contributed by atoms with Crippen molar-refractivity contribution in [2.24, 2.45) is 0 Å². The van der Waals surface area contributed by atoms with E-state index < -0.39 is 0 Å². The van der Waals surface area contributed by atoms with Crippen LogP contribution in [0.3, 0.4) is 0 Å². The minimum atomic E-state index is 0.109. The van der Waals surface area contributed by atoms with Gasteiger partial charge in [0.25, 0.3) is 0 Å². The summed E-state index contributed by atoms with van der Waals surface area (Å²) in [5.41, 5.74) is 1.73. The lowest BCUT2D eigenvalue weighted by atomic mass is 10.2. The van der Waals surface area contributed by atoms with E-state index in [1.807, 2.05) is 18.2 Å². The molecule has 2 heterocycles. The summed E-state index contributed by atoms with van der Waals surface area (Å²) in [4.78, 5) is 18.7. The van der Waals surface area contributed by atoms with Crippen molar-refractivity contribution in [3.63, 3.8) is 0 Å². The van der Waals surface area contributed by atoms with Crippen LogP contribution in [-0.4, -0.2) is 25.8 Å². The minimum absolute atomic E-state index is 0.109. The van der Waals surface area contributed by atoms with Gasteiger partial charge in [-0.1, -0.05) is 30.0 Å². The third-order valence-corrected chi connectivity index (χ3v) is 3.93. The Morgan fingerprint density at radius 3 is 3.00 bits per heavy atom. The molecule has 0 aliphatic rings. The number of rotatable bonds is 6. The summed E-state index contributed by atoms with van der Waals surface area (Å²) in [6.45, 7) is 0.657. The monoisotopic (exact) mass is 305 g/mol. The number of nitrogens with zero attached hydrogens (tertiary/aromatic N) is 1. The SMILES string of the molecule is O=C(CCSC(=S)NCc1cccnc1)c1ccc[nH]1. The Labute approximate surface area is 127 Å². The van der Waals surface area contributed by atoms with Crippen LogP contribution in [0.1, 0.15) is 22.5 Å². The van der Waals surface area contributed by atoms with Gasteiger partial charge in [-0.2, -0.15) is 0 Å². The fourth-order valence-corrected chi connectivity index (χ4v) is 2.57. The molecule has 0 atom stereocenters. The molecule has 0 aromatic carbocycles. The predicted molar refractivity (Wildman–Crippen MR) is 85.9 cm³/mol. The van der Waals surface area contributed by atoms with Gasteiger partial charge in [0.15, 0.2) is 5.78 Å². The Kier molecular flexibility index (Phi) is 5.76. The second-order valence-electron chi connectivity index (χ2n) is 4.11. The number of aromatic amines is 1. The Bertz CT molecular complexity index is 555. The van der Waals surface area contributed by atoms with Crippen molar-refractivity contribution in [2.75, 3.05) is 5.75 Å². The number of pyridine rings is 1. The molecule has 0 unspecified atom stereocenters. The van der Waals surface area contributed by atoms with Gasteiger partial charge in [0.2, 0.25) is 0 Å². The molecular weight excluding hydrogens is 290 g/mol. The minimum Gasteiger partial charge on any atom is -0.367 e. The van der Waals surface area contributed by atoms with Crippen LogP contribution in [0.2, 0.25) is 0 Å². The largest absolute Gasteiger partial charge is 0.367 e.